The number of aliphatic hydroxyl groups is 2. The van der Waals surface area contributed by atoms with E-state index in [4.69, 9.17) is 19.7 Å². The number of alkyl carbamates (subject to hydrolysis) is 1. The summed E-state index contributed by atoms with van der Waals surface area (Å²) < 4.78 is 10.6. The largest absolute Gasteiger partial charge is 0.457 e. The molecule has 0 aliphatic carbocycles. The first-order valence-electron chi connectivity index (χ1n) is 12.9. The zero-order chi connectivity index (χ0) is 24.7. The van der Waals surface area contributed by atoms with E-state index in [1.807, 2.05) is 14.1 Å². The molecule has 0 heterocycles. The first-order valence-corrected chi connectivity index (χ1v) is 12.9. The third-order valence-electron chi connectivity index (χ3n) is 5.58. The zero-order valence-corrected chi connectivity index (χ0v) is 21.4. The summed E-state index contributed by atoms with van der Waals surface area (Å²) in [5, 5.41) is 20.9. The van der Waals surface area contributed by atoms with Crippen LogP contribution >= 0.6 is 0 Å². The molecule has 196 valence electrons. The Kier molecular flexibility index (Phi) is 21.5. The molecule has 0 spiro atoms. The predicted molar refractivity (Wildman–Crippen MR) is 131 cm³/mol. The van der Waals surface area contributed by atoms with Crippen LogP contribution in [0.3, 0.4) is 0 Å². The van der Waals surface area contributed by atoms with Gasteiger partial charge in [0.15, 0.2) is 0 Å². The molecule has 0 aromatic carbocycles. The molecule has 33 heavy (non-hydrogen) atoms. The van der Waals surface area contributed by atoms with Crippen LogP contribution in [0.15, 0.2) is 0 Å². The number of unbranched alkanes of at least 4 members (excludes halogenated alkanes) is 9. The number of ether oxygens (including phenoxy) is 2. The van der Waals surface area contributed by atoms with Gasteiger partial charge in [-0.25, -0.2) is 4.79 Å². The molecule has 0 saturated carbocycles. The fourth-order valence-electron chi connectivity index (χ4n) is 3.56. The maximum absolute atomic E-state index is 12.2. The van der Waals surface area contributed by atoms with E-state index >= 15 is 0 Å². The highest BCUT2D eigenvalue weighted by Gasteiger charge is 2.18. The van der Waals surface area contributed by atoms with E-state index in [0.717, 1.165) is 25.8 Å². The fourth-order valence-corrected chi connectivity index (χ4v) is 3.56. The van der Waals surface area contributed by atoms with E-state index in [2.05, 4.69) is 17.1 Å². The van der Waals surface area contributed by atoms with Crippen LogP contribution in [-0.2, 0) is 14.3 Å². The van der Waals surface area contributed by atoms with Gasteiger partial charge >= 0.3 is 12.1 Å². The molecule has 0 saturated heterocycles. The van der Waals surface area contributed by atoms with Gasteiger partial charge in [-0.05, 0) is 46.3 Å². The van der Waals surface area contributed by atoms with Crippen LogP contribution in [0.1, 0.15) is 96.8 Å². The number of rotatable bonds is 22. The summed E-state index contributed by atoms with van der Waals surface area (Å²) >= 11 is 0. The van der Waals surface area contributed by atoms with Crippen LogP contribution in [0, 0.1) is 0 Å². The first kappa shape index (κ1) is 31.6. The summed E-state index contributed by atoms with van der Waals surface area (Å²) in [6, 6.07) is 0. The van der Waals surface area contributed by atoms with Crippen LogP contribution in [0.2, 0.25) is 0 Å². The van der Waals surface area contributed by atoms with Gasteiger partial charge in [-0.2, -0.15) is 0 Å². The van der Waals surface area contributed by atoms with E-state index < -0.39 is 31.4 Å². The number of nitrogens with zero attached hydrogens (tertiary/aromatic N) is 1. The number of nitrogens with one attached hydrogen (secondary N) is 1. The standard InChI is InChI=1S/C25H50N2O6/c1-4-5-6-7-8-9-10-11-12-13-15-22(16-17-24(30)32-23(20-28)21-29)33-25(31)26-18-14-19-27(2)3/h22-23,28-29H,4-21H2,1-3H3,(H,26,31). The second kappa shape index (κ2) is 22.4. The van der Waals surface area contributed by atoms with Gasteiger partial charge in [0.1, 0.15) is 12.2 Å². The number of hydrogen-bond acceptors (Lipinski definition) is 7. The van der Waals surface area contributed by atoms with Gasteiger partial charge in [0.05, 0.1) is 13.2 Å². The van der Waals surface area contributed by atoms with Crippen molar-refractivity contribution < 1.29 is 29.3 Å². The van der Waals surface area contributed by atoms with Crippen molar-refractivity contribution in [2.24, 2.45) is 0 Å². The Balaban J connectivity index is 4.28. The second-order valence-corrected chi connectivity index (χ2v) is 9.10. The van der Waals surface area contributed by atoms with E-state index in [-0.39, 0.29) is 12.5 Å². The molecule has 0 bridgehead atoms. The van der Waals surface area contributed by atoms with Gasteiger partial charge in [-0.15, -0.1) is 0 Å². The average Bonchev–Trinajstić information content (AvgIpc) is 2.79. The highest BCUT2D eigenvalue weighted by molar-refractivity contribution is 5.70. The van der Waals surface area contributed by atoms with E-state index in [0.29, 0.717) is 19.4 Å². The quantitative estimate of drug-likeness (QED) is 0.161. The third kappa shape index (κ3) is 20.9. The fraction of sp³-hybridized carbons (Fsp3) is 0.920. The minimum Gasteiger partial charge on any atom is -0.457 e. The molecule has 0 aliphatic rings. The second-order valence-electron chi connectivity index (χ2n) is 9.10. The lowest BCUT2D eigenvalue weighted by molar-refractivity contribution is -0.154. The monoisotopic (exact) mass is 474 g/mol. The molecule has 1 atom stereocenters. The number of aliphatic hydroxyl groups excluding tert-OH is 2. The molecule has 1 unspecified atom stereocenters. The predicted octanol–water partition coefficient (Wildman–Crippen LogP) is 4.02. The Labute approximate surface area is 201 Å². The van der Waals surface area contributed by atoms with E-state index in [1.165, 1.54) is 51.4 Å². The number of esters is 1. The van der Waals surface area contributed by atoms with Crippen molar-refractivity contribution in [3.05, 3.63) is 0 Å². The maximum Gasteiger partial charge on any atom is 0.407 e. The number of hydrogen-bond donors (Lipinski definition) is 3. The number of amides is 1. The van der Waals surface area contributed by atoms with Gasteiger partial charge in [0.25, 0.3) is 0 Å². The number of carbonyl (C=O) groups excluding carboxylic acids is 2. The van der Waals surface area contributed by atoms with Gasteiger partial charge < -0.3 is 29.9 Å². The third-order valence-corrected chi connectivity index (χ3v) is 5.58. The Morgan fingerprint density at radius 3 is 1.91 bits per heavy atom. The summed E-state index contributed by atoms with van der Waals surface area (Å²) in [4.78, 5) is 26.2. The lowest BCUT2D eigenvalue weighted by atomic mass is 10.0. The summed E-state index contributed by atoms with van der Waals surface area (Å²) in [5.41, 5.74) is 0. The molecule has 8 heteroatoms. The Hall–Kier alpha value is -1.38. The first-order chi connectivity index (χ1) is 15.9. The van der Waals surface area contributed by atoms with Crippen LogP contribution < -0.4 is 5.32 Å². The molecule has 0 fully saturated rings. The van der Waals surface area contributed by atoms with Gasteiger partial charge in [0, 0.05) is 13.0 Å². The molecule has 0 aromatic heterocycles. The summed E-state index contributed by atoms with van der Waals surface area (Å²) in [6.45, 7) is 2.81. The summed E-state index contributed by atoms with van der Waals surface area (Å²) in [7, 11) is 3.97. The zero-order valence-electron chi connectivity index (χ0n) is 21.4. The van der Waals surface area contributed by atoms with Crippen molar-refractivity contribution >= 4 is 12.1 Å². The minimum atomic E-state index is -0.904. The Morgan fingerprint density at radius 2 is 1.36 bits per heavy atom. The normalized spacial score (nSPS) is 12.2. The highest BCUT2D eigenvalue weighted by atomic mass is 16.6. The van der Waals surface area contributed by atoms with Gasteiger partial charge in [-0.1, -0.05) is 64.7 Å². The maximum atomic E-state index is 12.2. The molecule has 1 amide bonds. The van der Waals surface area contributed by atoms with E-state index in [1.54, 1.807) is 0 Å². The molecule has 0 aromatic rings. The molecule has 8 nitrogen and oxygen atoms in total. The van der Waals surface area contributed by atoms with Crippen molar-refractivity contribution in [1.29, 1.82) is 0 Å². The summed E-state index contributed by atoms with van der Waals surface area (Å²) in [6.07, 6.45) is 12.6. The van der Waals surface area contributed by atoms with Crippen molar-refractivity contribution in [3.8, 4) is 0 Å². The highest BCUT2D eigenvalue weighted by Crippen LogP contribution is 2.16. The Morgan fingerprint density at radius 1 is 0.788 bits per heavy atom. The average molecular weight is 475 g/mol. The van der Waals surface area contributed by atoms with Crippen molar-refractivity contribution in [3.63, 3.8) is 0 Å². The molecular formula is C25H50N2O6. The van der Waals surface area contributed by atoms with Crippen molar-refractivity contribution in [1.82, 2.24) is 10.2 Å². The molecule has 3 N–H and O–H groups in total. The minimum absolute atomic E-state index is 0.0762. The molecule has 0 aliphatic heterocycles. The number of carbonyl (C=O) groups is 2. The topological polar surface area (TPSA) is 108 Å². The van der Waals surface area contributed by atoms with Crippen LogP contribution in [-0.4, -0.2) is 79.8 Å². The molecule has 0 rings (SSSR count). The molecule has 0 radical (unpaired) electrons. The lowest BCUT2D eigenvalue weighted by Crippen LogP contribution is -2.32. The van der Waals surface area contributed by atoms with Gasteiger partial charge in [-0.3, -0.25) is 4.79 Å². The van der Waals surface area contributed by atoms with E-state index in [9.17, 15) is 9.59 Å². The summed E-state index contributed by atoms with van der Waals surface area (Å²) in [5.74, 6) is -0.508. The van der Waals surface area contributed by atoms with Crippen molar-refractivity contribution in [2.75, 3.05) is 40.4 Å². The van der Waals surface area contributed by atoms with Crippen LogP contribution in [0.5, 0.6) is 0 Å². The van der Waals surface area contributed by atoms with Gasteiger partial charge in [0.2, 0.25) is 0 Å². The van der Waals surface area contributed by atoms with Crippen molar-refractivity contribution in [2.45, 2.75) is 109 Å². The lowest BCUT2D eigenvalue weighted by Gasteiger charge is -2.19. The molecular weight excluding hydrogens is 424 g/mol. The Bertz CT molecular complexity index is 472. The smallest absolute Gasteiger partial charge is 0.407 e. The van der Waals surface area contributed by atoms with Crippen LogP contribution in [0.25, 0.3) is 0 Å². The van der Waals surface area contributed by atoms with Crippen LogP contribution in [0.4, 0.5) is 4.79 Å². The SMILES string of the molecule is CCCCCCCCCCCCC(CCC(=O)OC(CO)CO)OC(=O)NCCCN(C)C.